The average molecular weight is 466 g/mol. The molecule has 2 heteroatoms. The van der Waals surface area contributed by atoms with Crippen LogP contribution in [0.4, 0.5) is 0 Å². The molecule has 1 N–H and O–H groups in total. The van der Waals surface area contributed by atoms with E-state index >= 15 is 0 Å². The van der Waals surface area contributed by atoms with Gasteiger partial charge in [0.15, 0.2) is 0 Å². The summed E-state index contributed by atoms with van der Waals surface area (Å²) in [6.07, 6.45) is 9.07. The van der Waals surface area contributed by atoms with Crippen molar-refractivity contribution in [3.05, 3.63) is 101 Å². The minimum atomic E-state index is 0.318. The molecular weight excluding hydrogens is 426 g/mol. The van der Waals surface area contributed by atoms with Gasteiger partial charge in [0.25, 0.3) is 0 Å². The molecule has 2 aliphatic rings. The van der Waals surface area contributed by atoms with E-state index in [0.717, 1.165) is 37.1 Å². The minimum absolute atomic E-state index is 0.318. The van der Waals surface area contributed by atoms with Crippen molar-refractivity contribution in [2.45, 2.75) is 44.9 Å². The van der Waals surface area contributed by atoms with Gasteiger partial charge >= 0.3 is 0 Å². The van der Waals surface area contributed by atoms with Gasteiger partial charge in [-0.15, -0.1) is 0 Å². The van der Waals surface area contributed by atoms with Crippen molar-refractivity contribution in [3.63, 3.8) is 0 Å². The number of benzene rings is 3. The van der Waals surface area contributed by atoms with E-state index in [2.05, 4.69) is 85.7 Å². The summed E-state index contributed by atoms with van der Waals surface area (Å²) in [4.78, 5) is 2.25. The molecule has 3 unspecified atom stereocenters. The molecule has 3 aromatic carbocycles. The Morgan fingerprint density at radius 3 is 2.09 bits per heavy atom. The quantitative estimate of drug-likeness (QED) is 0.328. The van der Waals surface area contributed by atoms with Gasteiger partial charge in [-0.3, -0.25) is 0 Å². The molecule has 3 aromatic rings. The number of aryl methyl sites for hydroxylation is 1. The van der Waals surface area contributed by atoms with E-state index in [9.17, 15) is 5.11 Å². The SMILES string of the molecule is CN(C)CCCc1ccc(/C(=C(/CC2CC3CCC2C3)c2ccccc2)c2ccc(O)cc2)cc1. The molecule has 3 atom stereocenters. The van der Waals surface area contributed by atoms with Crippen LogP contribution in [0, 0.1) is 17.8 Å². The predicted octanol–water partition coefficient (Wildman–Crippen LogP) is 7.67. The molecule has 2 aliphatic carbocycles. The van der Waals surface area contributed by atoms with Crippen LogP contribution in [0.2, 0.25) is 0 Å². The van der Waals surface area contributed by atoms with Crippen LogP contribution in [0.15, 0.2) is 78.9 Å². The topological polar surface area (TPSA) is 23.5 Å². The van der Waals surface area contributed by atoms with Crippen molar-refractivity contribution >= 4 is 11.1 Å². The van der Waals surface area contributed by atoms with Crippen LogP contribution in [0.3, 0.4) is 0 Å². The summed E-state index contributed by atoms with van der Waals surface area (Å²) in [7, 11) is 4.28. The highest BCUT2D eigenvalue weighted by Crippen LogP contribution is 2.52. The molecule has 35 heavy (non-hydrogen) atoms. The second kappa shape index (κ2) is 10.8. The first kappa shape index (κ1) is 23.9. The third-order valence-electron chi connectivity index (χ3n) is 8.24. The van der Waals surface area contributed by atoms with Crippen LogP contribution in [-0.4, -0.2) is 30.6 Å². The number of phenols is 1. The number of phenolic OH excluding ortho intramolecular Hbond substituents is 1. The summed E-state index contributed by atoms with van der Waals surface area (Å²) >= 11 is 0. The van der Waals surface area contributed by atoms with Gasteiger partial charge in [-0.25, -0.2) is 0 Å². The Kier molecular flexibility index (Phi) is 7.39. The first-order valence-electron chi connectivity index (χ1n) is 13.4. The fourth-order valence-electron chi connectivity index (χ4n) is 6.47. The zero-order chi connectivity index (χ0) is 24.2. The largest absolute Gasteiger partial charge is 0.508 e. The van der Waals surface area contributed by atoms with Crippen molar-refractivity contribution in [2.75, 3.05) is 20.6 Å². The average Bonchev–Trinajstić information content (AvgIpc) is 3.49. The molecule has 0 spiro atoms. The Hall–Kier alpha value is -2.84. The van der Waals surface area contributed by atoms with Crippen LogP contribution in [0.5, 0.6) is 5.75 Å². The van der Waals surface area contributed by atoms with Crippen LogP contribution < -0.4 is 0 Å². The van der Waals surface area contributed by atoms with Crippen molar-refractivity contribution in [2.24, 2.45) is 17.8 Å². The lowest BCUT2D eigenvalue weighted by Gasteiger charge is -2.26. The maximum Gasteiger partial charge on any atom is 0.115 e. The first-order valence-corrected chi connectivity index (χ1v) is 13.4. The molecule has 2 bridgehead atoms. The normalized spacial score (nSPS) is 22.0. The van der Waals surface area contributed by atoms with Crippen molar-refractivity contribution in [3.8, 4) is 5.75 Å². The van der Waals surface area contributed by atoms with Crippen molar-refractivity contribution < 1.29 is 5.11 Å². The van der Waals surface area contributed by atoms with Gasteiger partial charge in [0.2, 0.25) is 0 Å². The summed E-state index contributed by atoms with van der Waals surface area (Å²) in [6, 6.07) is 28.1. The molecule has 0 aliphatic heterocycles. The molecule has 5 rings (SSSR count). The van der Waals surface area contributed by atoms with Crippen LogP contribution >= 0.6 is 0 Å². The fraction of sp³-hybridized carbons (Fsp3) is 0.394. The Morgan fingerprint density at radius 2 is 1.49 bits per heavy atom. The lowest BCUT2D eigenvalue weighted by Crippen LogP contribution is -2.13. The predicted molar refractivity (Wildman–Crippen MR) is 147 cm³/mol. The first-order chi connectivity index (χ1) is 17.1. The number of hydrogen-bond acceptors (Lipinski definition) is 2. The standard InChI is InChI=1S/C33H39NO/c1-34(2)20-6-7-24-10-13-27(14-11-24)33(28-16-18-31(35)19-17-28)32(26-8-4-3-5-9-26)23-30-22-25-12-15-29(30)21-25/h3-5,8-11,13-14,16-19,25,29-30,35H,6-7,12,15,20-23H2,1-2H3/b33-32+. The second-order valence-corrected chi connectivity index (χ2v) is 11.0. The summed E-state index contributed by atoms with van der Waals surface area (Å²) in [5, 5.41) is 10.0. The highest BCUT2D eigenvalue weighted by molar-refractivity contribution is 5.98. The van der Waals surface area contributed by atoms with Gasteiger partial charge in [0.05, 0.1) is 0 Å². The highest BCUT2D eigenvalue weighted by atomic mass is 16.3. The molecule has 2 saturated carbocycles. The van der Waals surface area contributed by atoms with Gasteiger partial charge in [0, 0.05) is 0 Å². The van der Waals surface area contributed by atoms with Crippen LogP contribution in [0.1, 0.15) is 60.8 Å². The summed E-state index contributed by atoms with van der Waals surface area (Å²) in [5.74, 6) is 2.93. The van der Waals surface area contributed by atoms with E-state index in [1.54, 1.807) is 0 Å². The fourth-order valence-corrected chi connectivity index (χ4v) is 6.47. The van der Waals surface area contributed by atoms with Gasteiger partial charge in [-0.2, -0.15) is 0 Å². The van der Waals surface area contributed by atoms with E-state index in [-0.39, 0.29) is 0 Å². The molecule has 0 radical (unpaired) electrons. The zero-order valence-electron chi connectivity index (χ0n) is 21.3. The Morgan fingerprint density at radius 1 is 0.800 bits per heavy atom. The van der Waals surface area contributed by atoms with E-state index in [0.29, 0.717) is 5.75 Å². The van der Waals surface area contributed by atoms with Crippen LogP contribution in [-0.2, 0) is 6.42 Å². The molecule has 0 saturated heterocycles. The molecule has 2 nitrogen and oxygen atoms in total. The number of nitrogens with zero attached hydrogens (tertiary/aromatic N) is 1. The Balaban J connectivity index is 1.56. The molecular formula is C33H39NO. The molecule has 0 aromatic heterocycles. The summed E-state index contributed by atoms with van der Waals surface area (Å²) < 4.78 is 0. The van der Waals surface area contributed by atoms with Gasteiger partial charge < -0.3 is 10.0 Å². The Labute approximate surface area is 211 Å². The maximum atomic E-state index is 10.0. The van der Waals surface area contributed by atoms with Gasteiger partial charge in [0.1, 0.15) is 5.75 Å². The number of allylic oxidation sites excluding steroid dienone is 1. The zero-order valence-corrected chi connectivity index (χ0v) is 21.3. The smallest absolute Gasteiger partial charge is 0.115 e. The van der Waals surface area contributed by atoms with Crippen molar-refractivity contribution in [1.82, 2.24) is 4.90 Å². The number of fused-ring (bicyclic) bond motifs is 2. The molecule has 0 heterocycles. The number of hydrogen-bond donors (Lipinski definition) is 1. The van der Waals surface area contributed by atoms with Gasteiger partial charge in [-0.1, -0.05) is 73.2 Å². The third-order valence-corrected chi connectivity index (χ3v) is 8.24. The minimum Gasteiger partial charge on any atom is -0.508 e. The van der Waals surface area contributed by atoms with E-state index in [4.69, 9.17) is 0 Å². The third kappa shape index (κ3) is 5.70. The Bertz CT molecular complexity index is 1130. The highest BCUT2D eigenvalue weighted by Gasteiger charge is 2.39. The summed E-state index contributed by atoms with van der Waals surface area (Å²) in [5.41, 5.74) is 7.95. The lowest BCUT2D eigenvalue weighted by atomic mass is 9.79. The molecule has 182 valence electrons. The second-order valence-electron chi connectivity index (χ2n) is 11.0. The maximum absolute atomic E-state index is 10.0. The van der Waals surface area contributed by atoms with Crippen molar-refractivity contribution in [1.29, 1.82) is 0 Å². The summed E-state index contributed by atoms with van der Waals surface area (Å²) in [6.45, 7) is 1.11. The molecule has 0 amide bonds. The van der Waals surface area contributed by atoms with E-state index < -0.39 is 0 Å². The van der Waals surface area contributed by atoms with Crippen LogP contribution in [0.25, 0.3) is 11.1 Å². The number of aromatic hydroxyl groups is 1. The molecule has 2 fully saturated rings. The van der Waals surface area contributed by atoms with E-state index in [1.165, 1.54) is 65.5 Å². The van der Waals surface area contributed by atoms with Gasteiger partial charge in [-0.05, 0) is 122 Å². The lowest BCUT2D eigenvalue weighted by molar-refractivity contribution is 0.339. The van der Waals surface area contributed by atoms with E-state index in [1.807, 2.05) is 12.1 Å². The monoisotopic (exact) mass is 465 g/mol. The number of rotatable bonds is 9.